The van der Waals surface area contributed by atoms with Gasteiger partial charge < -0.3 is 9.64 Å². The van der Waals surface area contributed by atoms with Crippen LogP contribution in [-0.2, 0) is 11.2 Å². The number of rotatable bonds is 6. The van der Waals surface area contributed by atoms with Crippen molar-refractivity contribution in [3.05, 3.63) is 65.7 Å². The van der Waals surface area contributed by atoms with Crippen molar-refractivity contribution in [2.45, 2.75) is 26.3 Å². The average molecular weight is 297 g/mol. The molecule has 3 nitrogen and oxygen atoms in total. The maximum absolute atomic E-state index is 12.0. The van der Waals surface area contributed by atoms with Crippen molar-refractivity contribution in [1.82, 2.24) is 4.90 Å². The number of amides is 1. The van der Waals surface area contributed by atoms with Crippen LogP contribution in [0.5, 0.6) is 5.75 Å². The summed E-state index contributed by atoms with van der Waals surface area (Å²) in [6.45, 7) is 4.04. The summed E-state index contributed by atoms with van der Waals surface area (Å²) in [6, 6.07) is 18.3. The Hall–Kier alpha value is -2.29. The summed E-state index contributed by atoms with van der Waals surface area (Å²) in [4.78, 5) is 13.7. The van der Waals surface area contributed by atoms with Crippen molar-refractivity contribution in [2.24, 2.45) is 0 Å². The molecule has 2 aromatic carbocycles. The van der Waals surface area contributed by atoms with Crippen molar-refractivity contribution in [3.63, 3.8) is 0 Å². The van der Waals surface area contributed by atoms with Gasteiger partial charge in [0.25, 0.3) is 5.91 Å². The van der Waals surface area contributed by atoms with Gasteiger partial charge in [0.15, 0.2) is 6.61 Å². The van der Waals surface area contributed by atoms with Crippen molar-refractivity contribution in [1.29, 1.82) is 0 Å². The topological polar surface area (TPSA) is 29.5 Å². The zero-order valence-corrected chi connectivity index (χ0v) is 13.5. The van der Waals surface area contributed by atoms with Gasteiger partial charge in [-0.15, -0.1) is 0 Å². The molecular weight excluding hydrogens is 274 g/mol. The van der Waals surface area contributed by atoms with Crippen LogP contribution in [-0.4, -0.2) is 30.5 Å². The Morgan fingerprint density at radius 1 is 1.05 bits per heavy atom. The second-order valence-corrected chi connectivity index (χ2v) is 5.66. The van der Waals surface area contributed by atoms with Gasteiger partial charge in [-0.05, 0) is 31.0 Å². The van der Waals surface area contributed by atoms with Crippen LogP contribution in [0.1, 0.15) is 25.0 Å². The van der Waals surface area contributed by atoms with E-state index in [1.54, 1.807) is 11.9 Å². The molecule has 0 heterocycles. The number of nitrogens with zero attached hydrogens (tertiary/aromatic N) is 1. The SMILES string of the molecule is CC(C)N(C)C(=O)COc1ccccc1Cc1ccccc1. The molecule has 116 valence electrons. The van der Waals surface area contributed by atoms with Gasteiger partial charge in [0, 0.05) is 19.5 Å². The highest BCUT2D eigenvalue weighted by molar-refractivity contribution is 5.77. The molecule has 0 saturated carbocycles. The van der Waals surface area contributed by atoms with Crippen molar-refractivity contribution in [3.8, 4) is 5.75 Å². The Kier molecular flexibility index (Phi) is 5.59. The number of carbonyl (C=O) groups is 1. The van der Waals surface area contributed by atoms with Gasteiger partial charge >= 0.3 is 0 Å². The van der Waals surface area contributed by atoms with Crippen LogP contribution in [0.25, 0.3) is 0 Å². The third-order valence-corrected chi connectivity index (χ3v) is 3.73. The second-order valence-electron chi connectivity index (χ2n) is 5.66. The molecule has 0 aliphatic heterocycles. The third-order valence-electron chi connectivity index (χ3n) is 3.73. The minimum atomic E-state index is -0.00971. The van der Waals surface area contributed by atoms with Gasteiger partial charge in [0.2, 0.25) is 0 Å². The first-order valence-corrected chi connectivity index (χ1v) is 7.58. The zero-order chi connectivity index (χ0) is 15.9. The lowest BCUT2D eigenvalue weighted by Crippen LogP contribution is -2.36. The molecule has 3 heteroatoms. The van der Waals surface area contributed by atoms with E-state index in [9.17, 15) is 4.79 Å². The van der Waals surface area contributed by atoms with Crippen LogP contribution < -0.4 is 4.74 Å². The Morgan fingerprint density at radius 3 is 2.36 bits per heavy atom. The number of para-hydroxylation sites is 1. The first kappa shape index (κ1) is 16.1. The Labute approximate surface area is 132 Å². The van der Waals surface area contributed by atoms with E-state index in [1.165, 1.54) is 5.56 Å². The van der Waals surface area contributed by atoms with Crippen LogP contribution in [0.15, 0.2) is 54.6 Å². The van der Waals surface area contributed by atoms with Crippen molar-refractivity contribution < 1.29 is 9.53 Å². The molecular formula is C19H23NO2. The Morgan fingerprint density at radius 2 is 1.68 bits per heavy atom. The highest BCUT2D eigenvalue weighted by Crippen LogP contribution is 2.21. The molecule has 0 aliphatic rings. The summed E-state index contributed by atoms with van der Waals surface area (Å²) < 4.78 is 5.75. The largest absolute Gasteiger partial charge is 0.483 e. The molecule has 2 aromatic rings. The lowest BCUT2D eigenvalue weighted by atomic mass is 10.0. The summed E-state index contributed by atoms with van der Waals surface area (Å²) in [7, 11) is 1.80. The van der Waals surface area contributed by atoms with E-state index < -0.39 is 0 Å². The van der Waals surface area contributed by atoms with Crippen LogP contribution in [0.3, 0.4) is 0 Å². The average Bonchev–Trinajstić information content (AvgIpc) is 2.54. The lowest BCUT2D eigenvalue weighted by molar-refractivity contribution is -0.133. The zero-order valence-electron chi connectivity index (χ0n) is 13.5. The van der Waals surface area contributed by atoms with Crippen LogP contribution in [0.2, 0.25) is 0 Å². The minimum absolute atomic E-state index is 0.00971. The second kappa shape index (κ2) is 7.64. The van der Waals surface area contributed by atoms with Gasteiger partial charge in [-0.3, -0.25) is 4.79 Å². The molecule has 0 aromatic heterocycles. The van der Waals surface area contributed by atoms with Crippen molar-refractivity contribution in [2.75, 3.05) is 13.7 Å². The number of hydrogen-bond acceptors (Lipinski definition) is 2. The molecule has 0 aliphatic carbocycles. The smallest absolute Gasteiger partial charge is 0.260 e. The molecule has 22 heavy (non-hydrogen) atoms. The molecule has 0 N–H and O–H groups in total. The highest BCUT2D eigenvalue weighted by atomic mass is 16.5. The van der Waals surface area contributed by atoms with Gasteiger partial charge in [0.1, 0.15) is 5.75 Å². The number of benzene rings is 2. The summed E-state index contributed by atoms with van der Waals surface area (Å²) in [6.07, 6.45) is 0.797. The fraction of sp³-hybridized carbons (Fsp3) is 0.316. The molecule has 0 atom stereocenters. The molecule has 0 saturated heterocycles. The fourth-order valence-corrected chi connectivity index (χ4v) is 2.14. The Balaban J connectivity index is 2.04. The van der Waals surface area contributed by atoms with E-state index in [1.807, 2.05) is 56.3 Å². The Bertz CT molecular complexity index is 608. The van der Waals surface area contributed by atoms with E-state index in [0.29, 0.717) is 0 Å². The quantitative estimate of drug-likeness (QED) is 0.816. The maximum Gasteiger partial charge on any atom is 0.260 e. The van der Waals surface area contributed by atoms with Gasteiger partial charge in [-0.25, -0.2) is 0 Å². The minimum Gasteiger partial charge on any atom is -0.483 e. The monoisotopic (exact) mass is 297 g/mol. The highest BCUT2D eigenvalue weighted by Gasteiger charge is 2.13. The lowest BCUT2D eigenvalue weighted by Gasteiger charge is -2.21. The predicted octanol–water partition coefficient (Wildman–Crippen LogP) is 3.52. The molecule has 1 amide bonds. The van der Waals surface area contributed by atoms with E-state index >= 15 is 0 Å². The van der Waals surface area contributed by atoms with Gasteiger partial charge in [-0.2, -0.15) is 0 Å². The summed E-state index contributed by atoms with van der Waals surface area (Å²) in [5.74, 6) is 0.765. The van der Waals surface area contributed by atoms with Gasteiger partial charge in [-0.1, -0.05) is 48.5 Å². The molecule has 0 fully saturated rings. The first-order valence-electron chi connectivity index (χ1n) is 7.58. The molecule has 0 unspecified atom stereocenters. The van der Waals surface area contributed by atoms with E-state index in [4.69, 9.17) is 4.74 Å². The van der Waals surface area contributed by atoms with E-state index in [-0.39, 0.29) is 18.6 Å². The molecule has 0 bridgehead atoms. The third kappa shape index (κ3) is 4.35. The molecule has 2 rings (SSSR count). The standard InChI is InChI=1S/C19H23NO2/c1-15(2)20(3)19(21)14-22-18-12-8-7-11-17(18)13-16-9-5-4-6-10-16/h4-12,15H,13-14H2,1-3H3. The maximum atomic E-state index is 12.0. The van der Waals surface area contributed by atoms with Crippen LogP contribution in [0, 0.1) is 0 Å². The predicted molar refractivity (Wildman–Crippen MR) is 89.1 cm³/mol. The number of likely N-dealkylation sites (N-methyl/N-ethyl adjacent to an activating group) is 1. The first-order chi connectivity index (χ1) is 10.6. The summed E-state index contributed by atoms with van der Waals surface area (Å²) in [5, 5.41) is 0. The molecule has 0 spiro atoms. The van der Waals surface area contributed by atoms with E-state index in [0.717, 1.165) is 17.7 Å². The van der Waals surface area contributed by atoms with Gasteiger partial charge in [0.05, 0.1) is 0 Å². The van der Waals surface area contributed by atoms with Crippen LogP contribution in [0.4, 0.5) is 0 Å². The van der Waals surface area contributed by atoms with E-state index in [2.05, 4.69) is 12.1 Å². The summed E-state index contributed by atoms with van der Waals surface area (Å²) >= 11 is 0. The number of hydrogen-bond donors (Lipinski definition) is 0. The normalized spacial score (nSPS) is 10.5. The molecule has 0 radical (unpaired) electrons. The van der Waals surface area contributed by atoms with Crippen molar-refractivity contribution >= 4 is 5.91 Å². The van der Waals surface area contributed by atoms with Crippen LogP contribution >= 0.6 is 0 Å². The summed E-state index contributed by atoms with van der Waals surface area (Å²) in [5.41, 5.74) is 2.32. The fourth-order valence-electron chi connectivity index (χ4n) is 2.14. The number of carbonyl (C=O) groups excluding carboxylic acids is 1. The number of ether oxygens (including phenoxy) is 1.